The number of rotatable bonds is 7. The monoisotopic (exact) mass is 383 g/mol. The van der Waals surface area contributed by atoms with E-state index in [2.05, 4.69) is 15.2 Å². The summed E-state index contributed by atoms with van der Waals surface area (Å²) in [6, 6.07) is 15.5. The molecule has 0 bridgehead atoms. The highest BCUT2D eigenvalue weighted by atomic mass is 32.1. The number of carbonyl (C=O) groups excluding carboxylic acids is 1. The van der Waals surface area contributed by atoms with Crippen molar-refractivity contribution in [1.29, 1.82) is 0 Å². The maximum atomic E-state index is 12.3. The van der Waals surface area contributed by atoms with Crippen molar-refractivity contribution < 1.29 is 14.3 Å². The summed E-state index contributed by atoms with van der Waals surface area (Å²) >= 11 is 1.63. The Labute approximate surface area is 161 Å². The molecule has 0 radical (unpaired) electrons. The van der Waals surface area contributed by atoms with Crippen molar-refractivity contribution in [3.63, 3.8) is 0 Å². The van der Waals surface area contributed by atoms with Crippen molar-refractivity contribution in [2.75, 3.05) is 38.3 Å². The number of hydrogen-bond acceptors (Lipinski definition) is 6. The second kappa shape index (κ2) is 7.84. The normalized spacial score (nSPS) is 14.0. The number of ether oxygens (including phenoxy) is 2. The molecule has 27 heavy (non-hydrogen) atoms. The van der Waals surface area contributed by atoms with E-state index < -0.39 is 0 Å². The lowest BCUT2D eigenvalue weighted by Gasteiger charge is -2.37. The molecule has 0 saturated carbocycles. The maximum absolute atomic E-state index is 12.3. The summed E-state index contributed by atoms with van der Waals surface area (Å²) in [7, 11) is 1.65. The molecule has 0 aliphatic carbocycles. The number of thiazole rings is 1. The van der Waals surface area contributed by atoms with Gasteiger partial charge in [-0.25, -0.2) is 4.98 Å². The maximum Gasteiger partial charge on any atom is 0.226 e. The molecule has 4 rings (SSSR count). The van der Waals surface area contributed by atoms with Gasteiger partial charge in [0.1, 0.15) is 23.6 Å². The number of methoxy groups -OCH3 is 1. The summed E-state index contributed by atoms with van der Waals surface area (Å²) in [5.74, 6) is 1.66. The van der Waals surface area contributed by atoms with Crippen LogP contribution in [0.4, 0.5) is 5.13 Å². The third-order valence-corrected chi connectivity index (χ3v) is 5.61. The third-order valence-electron chi connectivity index (χ3n) is 4.53. The van der Waals surface area contributed by atoms with Crippen molar-refractivity contribution >= 4 is 32.6 Å². The number of fused-ring (bicyclic) bond motifs is 1. The van der Waals surface area contributed by atoms with E-state index in [0.29, 0.717) is 26.2 Å². The molecule has 1 aromatic heterocycles. The molecule has 2 aromatic carbocycles. The van der Waals surface area contributed by atoms with Crippen LogP contribution < -0.4 is 19.7 Å². The first-order chi connectivity index (χ1) is 13.2. The van der Waals surface area contributed by atoms with Gasteiger partial charge in [0.15, 0.2) is 5.13 Å². The second-order valence-corrected chi connectivity index (χ2v) is 7.37. The molecule has 0 spiro atoms. The minimum atomic E-state index is -0.00404. The van der Waals surface area contributed by atoms with Gasteiger partial charge in [0.05, 0.1) is 24.3 Å². The zero-order valence-corrected chi connectivity index (χ0v) is 15.9. The topological polar surface area (TPSA) is 63.7 Å². The first kappa shape index (κ1) is 17.6. The fourth-order valence-corrected chi connectivity index (χ4v) is 4.02. The van der Waals surface area contributed by atoms with E-state index in [9.17, 15) is 4.79 Å². The largest absolute Gasteiger partial charge is 0.494 e. The van der Waals surface area contributed by atoms with E-state index in [4.69, 9.17) is 9.47 Å². The Bertz CT molecular complexity index is 923. The number of aromatic nitrogens is 1. The van der Waals surface area contributed by atoms with Crippen LogP contribution in [-0.4, -0.2) is 44.2 Å². The van der Waals surface area contributed by atoms with Crippen LogP contribution >= 0.6 is 11.3 Å². The minimum absolute atomic E-state index is 0.00404. The highest BCUT2D eigenvalue weighted by Gasteiger charge is 2.34. The summed E-state index contributed by atoms with van der Waals surface area (Å²) in [6.45, 7) is 2.34. The Morgan fingerprint density at radius 3 is 2.81 bits per heavy atom. The van der Waals surface area contributed by atoms with Crippen LogP contribution in [0.25, 0.3) is 10.2 Å². The molecule has 0 atom stereocenters. The number of hydrogen-bond donors (Lipinski definition) is 1. The number of nitrogens with zero attached hydrogens (tertiary/aromatic N) is 2. The number of nitrogens with one attached hydrogen (secondary N) is 1. The van der Waals surface area contributed by atoms with E-state index in [1.165, 1.54) is 0 Å². The van der Waals surface area contributed by atoms with Crippen molar-refractivity contribution in [3.8, 4) is 11.5 Å². The molecular formula is C20H21N3O3S. The summed E-state index contributed by atoms with van der Waals surface area (Å²) in [5, 5.41) is 3.88. The van der Waals surface area contributed by atoms with Crippen LogP contribution in [-0.2, 0) is 4.79 Å². The van der Waals surface area contributed by atoms with E-state index in [-0.39, 0.29) is 11.8 Å². The van der Waals surface area contributed by atoms with Crippen LogP contribution in [0.2, 0.25) is 0 Å². The number of carbonyl (C=O) groups is 1. The van der Waals surface area contributed by atoms with Gasteiger partial charge < -0.3 is 19.7 Å². The predicted molar refractivity (Wildman–Crippen MR) is 107 cm³/mol. The van der Waals surface area contributed by atoms with Crippen molar-refractivity contribution in [1.82, 2.24) is 10.3 Å². The van der Waals surface area contributed by atoms with Gasteiger partial charge in [0, 0.05) is 13.1 Å². The molecule has 1 aliphatic rings. The van der Waals surface area contributed by atoms with Gasteiger partial charge in [-0.3, -0.25) is 4.79 Å². The molecule has 2 heterocycles. The highest BCUT2D eigenvalue weighted by Crippen LogP contribution is 2.36. The van der Waals surface area contributed by atoms with Crippen molar-refractivity contribution in [2.24, 2.45) is 5.92 Å². The highest BCUT2D eigenvalue weighted by molar-refractivity contribution is 7.22. The van der Waals surface area contributed by atoms with E-state index in [1.807, 2.05) is 48.5 Å². The Morgan fingerprint density at radius 1 is 1.22 bits per heavy atom. The summed E-state index contributed by atoms with van der Waals surface area (Å²) in [6.07, 6.45) is 0. The van der Waals surface area contributed by atoms with Gasteiger partial charge in [-0.15, -0.1) is 0 Å². The predicted octanol–water partition coefficient (Wildman–Crippen LogP) is 2.94. The SMILES string of the molecule is COc1cccc2sc(N3CC(C(=O)NCCOc4ccccc4)C3)nc12. The Morgan fingerprint density at radius 2 is 2.04 bits per heavy atom. The van der Waals surface area contributed by atoms with Gasteiger partial charge >= 0.3 is 0 Å². The fourth-order valence-electron chi connectivity index (χ4n) is 3.02. The van der Waals surface area contributed by atoms with Crippen LogP contribution in [0.5, 0.6) is 11.5 Å². The lowest BCUT2D eigenvalue weighted by atomic mass is 10.0. The molecule has 140 valence electrons. The first-order valence-corrected chi connectivity index (χ1v) is 9.70. The van der Waals surface area contributed by atoms with Crippen LogP contribution in [0.3, 0.4) is 0 Å². The average molecular weight is 383 g/mol. The van der Waals surface area contributed by atoms with Gasteiger partial charge in [-0.05, 0) is 24.3 Å². The van der Waals surface area contributed by atoms with Crippen LogP contribution in [0.15, 0.2) is 48.5 Å². The van der Waals surface area contributed by atoms with Gasteiger partial charge in [-0.2, -0.15) is 0 Å². The first-order valence-electron chi connectivity index (χ1n) is 8.88. The zero-order valence-electron chi connectivity index (χ0n) is 15.1. The lowest BCUT2D eigenvalue weighted by Crippen LogP contribution is -2.54. The molecule has 6 nitrogen and oxygen atoms in total. The minimum Gasteiger partial charge on any atom is -0.494 e. The molecule has 3 aromatic rings. The molecule has 0 unspecified atom stereocenters. The van der Waals surface area contributed by atoms with Crippen LogP contribution in [0.1, 0.15) is 0 Å². The third kappa shape index (κ3) is 3.83. The average Bonchev–Trinajstić information content (AvgIpc) is 3.08. The molecule has 1 aliphatic heterocycles. The van der Waals surface area contributed by atoms with Crippen molar-refractivity contribution in [3.05, 3.63) is 48.5 Å². The second-order valence-electron chi connectivity index (χ2n) is 6.36. The Hall–Kier alpha value is -2.80. The standard InChI is InChI=1S/C20H21N3O3S/c1-25-16-8-5-9-17-18(16)22-20(27-17)23-12-14(13-23)19(24)21-10-11-26-15-6-3-2-4-7-15/h2-9,14H,10-13H2,1H3,(H,21,24). The smallest absolute Gasteiger partial charge is 0.226 e. The lowest BCUT2D eigenvalue weighted by molar-refractivity contribution is -0.125. The van der Waals surface area contributed by atoms with Crippen molar-refractivity contribution in [2.45, 2.75) is 0 Å². The molecule has 1 saturated heterocycles. The van der Waals surface area contributed by atoms with Crippen LogP contribution in [0, 0.1) is 5.92 Å². The molecule has 7 heteroatoms. The van der Waals surface area contributed by atoms with E-state index >= 15 is 0 Å². The van der Waals surface area contributed by atoms with Gasteiger partial charge in [0.2, 0.25) is 5.91 Å². The fraction of sp³-hybridized carbons (Fsp3) is 0.300. The summed E-state index contributed by atoms with van der Waals surface area (Å²) in [5.41, 5.74) is 0.881. The Balaban J connectivity index is 1.25. The molecular weight excluding hydrogens is 362 g/mol. The quantitative estimate of drug-likeness (QED) is 0.636. The number of benzene rings is 2. The zero-order chi connectivity index (χ0) is 18.6. The number of para-hydroxylation sites is 2. The summed E-state index contributed by atoms with van der Waals surface area (Å²) < 4.78 is 12.0. The number of amides is 1. The summed E-state index contributed by atoms with van der Waals surface area (Å²) in [4.78, 5) is 19.1. The van der Waals surface area contributed by atoms with E-state index in [0.717, 1.165) is 26.8 Å². The Kier molecular flexibility index (Phi) is 5.11. The van der Waals surface area contributed by atoms with E-state index in [1.54, 1.807) is 18.4 Å². The molecule has 1 amide bonds. The molecule has 1 fully saturated rings. The van der Waals surface area contributed by atoms with Gasteiger partial charge in [-0.1, -0.05) is 35.6 Å². The van der Waals surface area contributed by atoms with Gasteiger partial charge in [0.25, 0.3) is 0 Å². The number of anilines is 1. The molecule has 1 N–H and O–H groups in total.